The van der Waals surface area contributed by atoms with Crippen LogP contribution in [-0.2, 0) is 0 Å². The fourth-order valence-electron chi connectivity index (χ4n) is 1.14. The second-order valence-corrected chi connectivity index (χ2v) is 3.11. The van der Waals surface area contributed by atoms with Crippen molar-refractivity contribution in [2.75, 3.05) is 18.4 Å². The van der Waals surface area contributed by atoms with Gasteiger partial charge in [0.15, 0.2) is 0 Å². The molecule has 0 atom stereocenters. The number of aromatic hydroxyl groups is 1. The van der Waals surface area contributed by atoms with Gasteiger partial charge in [0.2, 0.25) is 0 Å². The smallest absolute Gasteiger partial charge is 0.335 e. The molecule has 1 rings (SSSR count). The summed E-state index contributed by atoms with van der Waals surface area (Å²) < 4.78 is 0. The molecule has 5 heteroatoms. The van der Waals surface area contributed by atoms with Gasteiger partial charge in [-0.15, -0.1) is 0 Å². The van der Waals surface area contributed by atoms with Crippen LogP contribution in [0.1, 0.15) is 16.8 Å². The number of aromatic carboxylic acids is 1. The van der Waals surface area contributed by atoms with E-state index in [0.717, 1.165) is 6.42 Å². The molecule has 0 saturated carbocycles. The molecule has 0 amide bonds. The Labute approximate surface area is 87.5 Å². The van der Waals surface area contributed by atoms with Crippen LogP contribution in [0.15, 0.2) is 18.2 Å². The Bertz CT molecular complexity index is 353. The van der Waals surface area contributed by atoms with Gasteiger partial charge in [0.25, 0.3) is 0 Å². The highest BCUT2D eigenvalue weighted by Crippen LogP contribution is 2.23. The average Bonchev–Trinajstić information content (AvgIpc) is 2.20. The van der Waals surface area contributed by atoms with Gasteiger partial charge in [-0.2, -0.15) is 0 Å². The third-order valence-corrected chi connectivity index (χ3v) is 1.94. The van der Waals surface area contributed by atoms with Gasteiger partial charge in [-0.25, -0.2) is 4.79 Å². The van der Waals surface area contributed by atoms with Crippen molar-refractivity contribution in [1.82, 2.24) is 0 Å². The number of anilines is 1. The lowest BCUT2D eigenvalue weighted by molar-refractivity contribution is 0.0696. The summed E-state index contributed by atoms with van der Waals surface area (Å²) in [5.74, 6) is -1.12. The molecule has 1 aromatic rings. The largest absolute Gasteiger partial charge is 0.506 e. The molecular formula is C10H14N2O3. The van der Waals surface area contributed by atoms with Crippen LogP contribution in [-0.4, -0.2) is 29.3 Å². The zero-order valence-electron chi connectivity index (χ0n) is 8.23. The van der Waals surface area contributed by atoms with E-state index < -0.39 is 5.97 Å². The molecule has 0 saturated heterocycles. The average molecular weight is 210 g/mol. The van der Waals surface area contributed by atoms with Crippen LogP contribution in [0.5, 0.6) is 5.75 Å². The molecule has 1 aromatic carbocycles. The summed E-state index contributed by atoms with van der Waals surface area (Å²) in [4.78, 5) is 10.6. The van der Waals surface area contributed by atoms with Gasteiger partial charge in [0.1, 0.15) is 5.75 Å². The van der Waals surface area contributed by atoms with Crippen LogP contribution < -0.4 is 11.1 Å². The number of phenols is 1. The molecule has 5 N–H and O–H groups in total. The standard InChI is InChI=1S/C10H14N2O3/c11-4-1-5-12-8-3-2-7(10(14)15)6-9(8)13/h2-3,6,12-13H,1,4-5,11H2,(H,14,15). The maximum atomic E-state index is 10.6. The Hall–Kier alpha value is -1.75. The van der Waals surface area contributed by atoms with Crippen molar-refractivity contribution in [3.05, 3.63) is 23.8 Å². The molecular weight excluding hydrogens is 196 g/mol. The van der Waals surface area contributed by atoms with Crippen LogP contribution in [0.4, 0.5) is 5.69 Å². The first-order valence-corrected chi connectivity index (χ1v) is 4.65. The van der Waals surface area contributed by atoms with Crippen molar-refractivity contribution >= 4 is 11.7 Å². The predicted molar refractivity (Wildman–Crippen MR) is 57.2 cm³/mol. The third-order valence-electron chi connectivity index (χ3n) is 1.94. The molecule has 0 aliphatic carbocycles. The third kappa shape index (κ3) is 3.14. The molecule has 0 fully saturated rings. The van der Waals surface area contributed by atoms with E-state index in [0.29, 0.717) is 18.8 Å². The number of carbonyl (C=O) groups is 1. The summed E-state index contributed by atoms with van der Waals surface area (Å²) in [6, 6.07) is 4.19. The van der Waals surface area contributed by atoms with E-state index in [1.165, 1.54) is 18.2 Å². The minimum absolute atomic E-state index is 0.0630. The summed E-state index contributed by atoms with van der Waals surface area (Å²) >= 11 is 0. The Morgan fingerprint density at radius 3 is 2.73 bits per heavy atom. The molecule has 82 valence electrons. The molecule has 0 heterocycles. The topological polar surface area (TPSA) is 95.6 Å². The lowest BCUT2D eigenvalue weighted by Gasteiger charge is -2.07. The number of rotatable bonds is 5. The van der Waals surface area contributed by atoms with Crippen LogP contribution in [0.25, 0.3) is 0 Å². The van der Waals surface area contributed by atoms with Crippen LogP contribution >= 0.6 is 0 Å². The van der Waals surface area contributed by atoms with Crippen LogP contribution in [0.2, 0.25) is 0 Å². The van der Waals surface area contributed by atoms with Crippen molar-refractivity contribution in [1.29, 1.82) is 0 Å². The first kappa shape index (κ1) is 11.3. The van der Waals surface area contributed by atoms with E-state index in [1.807, 2.05) is 0 Å². The van der Waals surface area contributed by atoms with Gasteiger partial charge < -0.3 is 21.3 Å². The summed E-state index contributed by atoms with van der Waals surface area (Å²) in [6.07, 6.45) is 0.792. The van der Waals surface area contributed by atoms with Crippen molar-refractivity contribution in [3.63, 3.8) is 0 Å². The van der Waals surface area contributed by atoms with Gasteiger partial charge >= 0.3 is 5.97 Å². The van der Waals surface area contributed by atoms with Crippen molar-refractivity contribution < 1.29 is 15.0 Å². The fourth-order valence-corrected chi connectivity index (χ4v) is 1.14. The number of nitrogens with one attached hydrogen (secondary N) is 1. The number of hydrogen-bond acceptors (Lipinski definition) is 4. The first-order valence-electron chi connectivity index (χ1n) is 4.65. The number of carboxylic acids is 1. The van der Waals surface area contributed by atoms with Gasteiger partial charge in [-0.3, -0.25) is 0 Å². The zero-order valence-corrected chi connectivity index (χ0v) is 8.23. The van der Waals surface area contributed by atoms with E-state index in [2.05, 4.69) is 5.32 Å². The molecule has 0 radical (unpaired) electrons. The number of phenolic OH excluding ortho intramolecular Hbond substituents is 1. The lowest BCUT2D eigenvalue weighted by atomic mass is 10.2. The van der Waals surface area contributed by atoms with Crippen molar-refractivity contribution in [2.45, 2.75) is 6.42 Å². The summed E-state index contributed by atoms with van der Waals surface area (Å²) in [5, 5.41) is 21.1. The van der Waals surface area contributed by atoms with E-state index in [9.17, 15) is 9.90 Å². The molecule has 0 unspecified atom stereocenters. The highest BCUT2D eigenvalue weighted by atomic mass is 16.4. The predicted octanol–water partition coefficient (Wildman–Crippen LogP) is 0.851. The highest BCUT2D eigenvalue weighted by molar-refractivity contribution is 5.89. The van der Waals surface area contributed by atoms with Gasteiger partial charge in [0, 0.05) is 6.54 Å². The van der Waals surface area contributed by atoms with E-state index in [4.69, 9.17) is 10.8 Å². The SMILES string of the molecule is NCCCNc1ccc(C(=O)O)cc1O. The number of nitrogens with two attached hydrogens (primary N) is 1. The summed E-state index contributed by atoms with van der Waals surface area (Å²) in [5.41, 5.74) is 5.90. The fraction of sp³-hybridized carbons (Fsp3) is 0.300. The zero-order chi connectivity index (χ0) is 11.3. The van der Waals surface area contributed by atoms with Crippen molar-refractivity contribution in [3.8, 4) is 5.75 Å². The molecule has 0 aliphatic rings. The Morgan fingerprint density at radius 2 is 2.20 bits per heavy atom. The van der Waals surface area contributed by atoms with Gasteiger partial charge in [-0.05, 0) is 31.2 Å². The number of carboxylic acid groups (broad SMARTS) is 1. The molecule has 0 aliphatic heterocycles. The van der Waals surface area contributed by atoms with Crippen molar-refractivity contribution in [2.24, 2.45) is 5.73 Å². The van der Waals surface area contributed by atoms with Crippen LogP contribution in [0.3, 0.4) is 0 Å². The van der Waals surface area contributed by atoms with Gasteiger partial charge in [0.05, 0.1) is 11.3 Å². The Kier molecular flexibility index (Phi) is 3.93. The molecule has 15 heavy (non-hydrogen) atoms. The molecule has 0 aromatic heterocycles. The normalized spacial score (nSPS) is 9.93. The van der Waals surface area contributed by atoms with E-state index in [-0.39, 0.29) is 11.3 Å². The first-order chi connectivity index (χ1) is 7.15. The minimum atomic E-state index is -1.06. The van der Waals surface area contributed by atoms with E-state index >= 15 is 0 Å². The second kappa shape index (κ2) is 5.21. The number of hydrogen-bond donors (Lipinski definition) is 4. The summed E-state index contributed by atoms with van der Waals surface area (Å²) in [7, 11) is 0. The maximum Gasteiger partial charge on any atom is 0.335 e. The summed E-state index contributed by atoms with van der Waals surface area (Å²) in [6.45, 7) is 1.22. The quantitative estimate of drug-likeness (QED) is 0.427. The van der Waals surface area contributed by atoms with E-state index in [1.54, 1.807) is 0 Å². The van der Waals surface area contributed by atoms with Crippen LogP contribution in [0, 0.1) is 0 Å². The molecule has 0 spiro atoms. The maximum absolute atomic E-state index is 10.6. The Morgan fingerprint density at radius 1 is 1.47 bits per heavy atom. The lowest BCUT2D eigenvalue weighted by Crippen LogP contribution is -2.08. The second-order valence-electron chi connectivity index (χ2n) is 3.11. The Balaban J connectivity index is 2.70. The minimum Gasteiger partial charge on any atom is -0.506 e. The van der Waals surface area contributed by atoms with Gasteiger partial charge in [-0.1, -0.05) is 0 Å². The monoisotopic (exact) mass is 210 g/mol. The molecule has 0 bridgehead atoms. The highest BCUT2D eigenvalue weighted by Gasteiger charge is 2.06. The number of benzene rings is 1. The molecule has 5 nitrogen and oxygen atoms in total.